The normalized spacial score (nSPS) is 25.4. The van der Waals surface area contributed by atoms with Crippen LogP contribution in [0.1, 0.15) is 25.8 Å². The van der Waals surface area contributed by atoms with Crippen LogP contribution in [0.2, 0.25) is 0 Å². The number of hydrogen-bond donors (Lipinski definition) is 1. The molecule has 1 N–H and O–H groups in total. The van der Waals surface area contributed by atoms with Crippen LogP contribution in [0.4, 0.5) is 0 Å². The maximum atomic E-state index is 10.2. The number of β-amino-alcohol motifs (C(OH)–C–C–N with tert-alkyl or cyclic N) is 1. The lowest BCUT2D eigenvalue weighted by Gasteiger charge is -2.35. The Labute approximate surface area is 122 Å². The van der Waals surface area contributed by atoms with Crippen LogP contribution in [0, 0.1) is 18.8 Å². The first kappa shape index (κ1) is 15.3. The molecule has 0 radical (unpaired) electrons. The lowest BCUT2D eigenvalue weighted by Crippen LogP contribution is -2.44. The predicted octanol–water partition coefficient (Wildman–Crippen LogP) is 2.71. The molecule has 0 bridgehead atoms. The summed E-state index contributed by atoms with van der Waals surface area (Å²) in [6.45, 7) is 9.86. The quantitative estimate of drug-likeness (QED) is 0.898. The molecule has 112 valence electrons. The maximum Gasteiger partial charge on any atom is 0.122 e. The van der Waals surface area contributed by atoms with Gasteiger partial charge in [-0.1, -0.05) is 32.0 Å². The van der Waals surface area contributed by atoms with Crippen molar-refractivity contribution in [3.63, 3.8) is 0 Å². The lowest BCUT2D eigenvalue weighted by atomic mass is 9.92. The molecule has 1 aliphatic heterocycles. The minimum Gasteiger partial charge on any atom is -0.491 e. The van der Waals surface area contributed by atoms with Crippen LogP contribution in [-0.2, 0) is 0 Å². The number of aryl methyl sites for hydroxylation is 1. The number of aliphatic hydroxyl groups is 1. The van der Waals surface area contributed by atoms with Gasteiger partial charge >= 0.3 is 0 Å². The summed E-state index contributed by atoms with van der Waals surface area (Å²) in [4.78, 5) is 2.37. The van der Waals surface area contributed by atoms with Crippen LogP contribution in [0.3, 0.4) is 0 Å². The molecule has 0 saturated carbocycles. The highest BCUT2D eigenvalue weighted by Crippen LogP contribution is 2.21. The second-order valence-corrected chi connectivity index (χ2v) is 6.39. The van der Waals surface area contributed by atoms with E-state index in [2.05, 4.69) is 18.7 Å². The first-order valence-corrected chi connectivity index (χ1v) is 7.63. The van der Waals surface area contributed by atoms with Crippen LogP contribution in [0.25, 0.3) is 0 Å². The van der Waals surface area contributed by atoms with Crippen molar-refractivity contribution >= 4 is 0 Å². The minimum atomic E-state index is -0.424. The average molecular weight is 277 g/mol. The molecule has 1 heterocycles. The van der Waals surface area contributed by atoms with Crippen molar-refractivity contribution in [2.75, 3.05) is 26.2 Å². The van der Waals surface area contributed by atoms with Gasteiger partial charge in [0, 0.05) is 19.6 Å². The molecule has 0 aromatic heterocycles. The third kappa shape index (κ3) is 4.50. The summed E-state index contributed by atoms with van der Waals surface area (Å²) in [5, 5.41) is 10.2. The van der Waals surface area contributed by atoms with E-state index in [0.29, 0.717) is 13.2 Å². The molecule has 3 atom stereocenters. The Morgan fingerprint density at radius 3 is 2.55 bits per heavy atom. The number of piperidine rings is 1. The fourth-order valence-corrected chi connectivity index (χ4v) is 3.20. The van der Waals surface area contributed by atoms with E-state index in [1.807, 2.05) is 31.2 Å². The number of hydrogen-bond acceptors (Lipinski definition) is 3. The van der Waals surface area contributed by atoms with Crippen molar-refractivity contribution in [3.05, 3.63) is 29.8 Å². The SMILES string of the molecule is Cc1ccccc1OC[C@@H](O)CN1C[C@@H](C)C[C@H](C)C1. The number of likely N-dealkylation sites (tertiary alicyclic amines) is 1. The van der Waals surface area contributed by atoms with Crippen LogP contribution in [-0.4, -0.2) is 42.4 Å². The lowest BCUT2D eigenvalue weighted by molar-refractivity contribution is 0.0427. The summed E-state index contributed by atoms with van der Waals surface area (Å²) in [6.07, 6.45) is 0.874. The van der Waals surface area contributed by atoms with Gasteiger partial charge in [0.2, 0.25) is 0 Å². The fourth-order valence-electron chi connectivity index (χ4n) is 3.20. The molecule has 1 aliphatic rings. The van der Waals surface area contributed by atoms with E-state index in [1.165, 1.54) is 6.42 Å². The predicted molar refractivity (Wildman–Crippen MR) is 82.1 cm³/mol. The van der Waals surface area contributed by atoms with Gasteiger partial charge in [-0.05, 0) is 36.8 Å². The smallest absolute Gasteiger partial charge is 0.122 e. The van der Waals surface area contributed by atoms with Crippen molar-refractivity contribution in [2.45, 2.75) is 33.3 Å². The number of rotatable bonds is 5. The van der Waals surface area contributed by atoms with Gasteiger partial charge < -0.3 is 14.7 Å². The van der Waals surface area contributed by atoms with E-state index >= 15 is 0 Å². The molecular formula is C17H27NO2. The van der Waals surface area contributed by atoms with Gasteiger partial charge in [0.15, 0.2) is 0 Å². The minimum absolute atomic E-state index is 0.365. The van der Waals surface area contributed by atoms with E-state index in [-0.39, 0.29) is 0 Å². The summed E-state index contributed by atoms with van der Waals surface area (Å²) in [5.74, 6) is 2.32. The molecule has 0 unspecified atom stereocenters. The van der Waals surface area contributed by atoms with E-state index in [1.54, 1.807) is 0 Å². The third-order valence-corrected chi connectivity index (χ3v) is 3.94. The third-order valence-electron chi connectivity index (χ3n) is 3.94. The zero-order valence-electron chi connectivity index (χ0n) is 12.9. The molecule has 3 heteroatoms. The Kier molecular flexibility index (Phi) is 5.44. The molecule has 1 saturated heterocycles. The van der Waals surface area contributed by atoms with Gasteiger partial charge in [0.1, 0.15) is 18.5 Å². The van der Waals surface area contributed by atoms with Crippen molar-refractivity contribution in [1.29, 1.82) is 0 Å². The Hall–Kier alpha value is -1.06. The number of ether oxygens (including phenoxy) is 1. The molecule has 0 aliphatic carbocycles. The van der Waals surface area contributed by atoms with Gasteiger partial charge in [0.25, 0.3) is 0 Å². The average Bonchev–Trinajstić information content (AvgIpc) is 2.36. The van der Waals surface area contributed by atoms with E-state index in [0.717, 1.165) is 36.2 Å². The molecule has 3 nitrogen and oxygen atoms in total. The molecule has 20 heavy (non-hydrogen) atoms. The fraction of sp³-hybridized carbons (Fsp3) is 0.647. The highest BCUT2D eigenvalue weighted by Gasteiger charge is 2.23. The monoisotopic (exact) mass is 277 g/mol. The van der Waals surface area contributed by atoms with Crippen LogP contribution in [0.5, 0.6) is 5.75 Å². The zero-order valence-corrected chi connectivity index (χ0v) is 12.9. The Bertz CT molecular complexity index is 411. The molecule has 1 aromatic carbocycles. The number of benzene rings is 1. The van der Waals surface area contributed by atoms with Crippen molar-refractivity contribution < 1.29 is 9.84 Å². The summed E-state index contributed by atoms with van der Waals surface area (Å²) in [7, 11) is 0. The van der Waals surface area contributed by atoms with Crippen molar-refractivity contribution in [3.8, 4) is 5.75 Å². The highest BCUT2D eigenvalue weighted by atomic mass is 16.5. The van der Waals surface area contributed by atoms with E-state index in [9.17, 15) is 5.11 Å². The standard InChI is InChI=1S/C17H27NO2/c1-13-8-14(2)10-18(9-13)11-16(19)12-20-17-7-5-4-6-15(17)3/h4-7,13-14,16,19H,8-12H2,1-3H3/t13-,14-,16-/m0/s1. The van der Waals surface area contributed by atoms with Crippen LogP contribution < -0.4 is 4.74 Å². The zero-order chi connectivity index (χ0) is 14.5. The molecule has 1 aromatic rings. The Morgan fingerprint density at radius 2 is 1.90 bits per heavy atom. The number of nitrogens with zero attached hydrogens (tertiary/aromatic N) is 1. The molecule has 2 rings (SSSR count). The van der Waals surface area contributed by atoms with Crippen LogP contribution >= 0.6 is 0 Å². The van der Waals surface area contributed by atoms with Gasteiger partial charge in [-0.3, -0.25) is 0 Å². The number of aliphatic hydroxyl groups excluding tert-OH is 1. The first-order chi connectivity index (χ1) is 9.54. The summed E-state index contributed by atoms with van der Waals surface area (Å²) < 4.78 is 5.72. The molecule has 1 fully saturated rings. The summed E-state index contributed by atoms with van der Waals surface area (Å²) in [5.41, 5.74) is 1.11. The maximum absolute atomic E-state index is 10.2. The van der Waals surface area contributed by atoms with Gasteiger partial charge in [-0.15, -0.1) is 0 Å². The van der Waals surface area contributed by atoms with Gasteiger partial charge in [0.05, 0.1) is 0 Å². The second kappa shape index (κ2) is 7.09. The molecular weight excluding hydrogens is 250 g/mol. The van der Waals surface area contributed by atoms with Crippen molar-refractivity contribution in [1.82, 2.24) is 4.90 Å². The molecule has 0 spiro atoms. The molecule has 0 amide bonds. The van der Waals surface area contributed by atoms with Crippen molar-refractivity contribution in [2.24, 2.45) is 11.8 Å². The summed E-state index contributed by atoms with van der Waals surface area (Å²) in [6, 6.07) is 7.93. The second-order valence-electron chi connectivity index (χ2n) is 6.39. The van der Waals surface area contributed by atoms with E-state index in [4.69, 9.17) is 4.74 Å². The van der Waals surface area contributed by atoms with Gasteiger partial charge in [-0.25, -0.2) is 0 Å². The topological polar surface area (TPSA) is 32.7 Å². The number of para-hydroxylation sites is 1. The Balaban J connectivity index is 1.78. The van der Waals surface area contributed by atoms with E-state index < -0.39 is 6.10 Å². The summed E-state index contributed by atoms with van der Waals surface area (Å²) >= 11 is 0. The Morgan fingerprint density at radius 1 is 1.25 bits per heavy atom. The van der Waals surface area contributed by atoms with Gasteiger partial charge in [-0.2, -0.15) is 0 Å². The largest absolute Gasteiger partial charge is 0.491 e. The first-order valence-electron chi connectivity index (χ1n) is 7.63. The highest BCUT2D eigenvalue weighted by molar-refractivity contribution is 5.31. The van der Waals surface area contributed by atoms with Crippen LogP contribution in [0.15, 0.2) is 24.3 Å².